The van der Waals surface area contributed by atoms with Crippen molar-refractivity contribution in [3.8, 4) is 0 Å². The molecule has 0 unspecified atom stereocenters. The van der Waals surface area contributed by atoms with Crippen LogP contribution >= 0.6 is 0 Å². The van der Waals surface area contributed by atoms with E-state index in [2.05, 4.69) is 10.0 Å². The van der Waals surface area contributed by atoms with E-state index in [0.717, 1.165) is 30.6 Å². The molecular weight excluding hydrogens is 264 g/mol. The number of hydrogen-bond donors (Lipinski definition) is 2. The standard InChI is InChI=1S/C13H20N2O3S/c1-2-18-10-9-15-19(16,17)13-7-3-6-12-11(13)5-4-8-14-12/h3,6-7,14-15H,2,4-5,8-10H2,1H3. The Labute approximate surface area is 114 Å². The number of hydrogen-bond acceptors (Lipinski definition) is 4. The molecule has 1 aliphatic heterocycles. The van der Waals surface area contributed by atoms with E-state index in [1.807, 2.05) is 13.0 Å². The van der Waals surface area contributed by atoms with Crippen molar-refractivity contribution >= 4 is 15.7 Å². The number of anilines is 1. The van der Waals surface area contributed by atoms with Crippen molar-refractivity contribution in [2.24, 2.45) is 0 Å². The maximum absolute atomic E-state index is 12.3. The van der Waals surface area contributed by atoms with E-state index in [0.29, 0.717) is 24.7 Å². The predicted octanol–water partition coefficient (Wildman–Crippen LogP) is 1.36. The first-order valence-corrected chi connectivity index (χ1v) is 8.06. The van der Waals surface area contributed by atoms with Crippen molar-refractivity contribution < 1.29 is 13.2 Å². The van der Waals surface area contributed by atoms with E-state index >= 15 is 0 Å². The van der Waals surface area contributed by atoms with Gasteiger partial charge in [0.1, 0.15) is 0 Å². The van der Waals surface area contributed by atoms with E-state index in [1.165, 1.54) is 0 Å². The Balaban J connectivity index is 2.16. The molecule has 0 spiro atoms. The first-order chi connectivity index (χ1) is 9.15. The molecule has 0 atom stereocenters. The normalized spacial score (nSPS) is 14.8. The molecule has 5 nitrogen and oxygen atoms in total. The van der Waals surface area contributed by atoms with Crippen LogP contribution in [0.4, 0.5) is 5.69 Å². The minimum Gasteiger partial charge on any atom is -0.385 e. The Hall–Kier alpha value is -1.11. The molecule has 0 aliphatic carbocycles. The highest BCUT2D eigenvalue weighted by atomic mass is 32.2. The van der Waals surface area contributed by atoms with Gasteiger partial charge in [0.2, 0.25) is 10.0 Å². The summed E-state index contributed by atoms with van der Waals surface area (Å²) in [6, 6.07) is 5.36. The lowest BCUT2D eigenvalue weighted by Crippen LogP contribution is -2.29. The summed E-state index contributed by atoms with van der Waals surface area (Å²) < 4.78 is 32.3. The van der Waals surface area contributed by atoms with Gasteiger partial charge in [0, 0.05) is 25.4 Å². The molecule has 2 N–H and O–H groups in total. The number of fused-ring (bicyclic) bond motifs is 1. The van der Waals surface area contributed by atoms with Gasteiger partial charge in [-0.25, -0.2) is 13.1 Å². The van der Waals surface area contributed by atoms with Gasteiger partial charge in [0.05, 0.1) is 11.5 Å². The zero-order chi connectivity index (χ0) is 13.7. The van der Waals surface area contributed by atoms with Gasteiger partial charge in [0.15, 0.2) is 0 Å². The van der Waals surface area contributed by atoms with Crippen LogP contribution in [-0.4, -0.2) is 34.7 Å². The fraction of sp³-hybridized carbons (Fsp3) is 0.538. The second-order valence-corrected chi connectivity index (χ2v) is 6.14. The molecule has 0 aromatic heterocycles. The Kier molecular flexibility index (Phi) is 4.79. The van der Waals surface area contributed by atoms with E-state index in [4.69, 9.17) is 4.74 Å². The van der Waals surface area contributed by atoms with Crippen molar-refractivity contribution in [3.05, 3.63) is 23.8 Å². The molecule has 0 saturated carbocycles. The predicted molar refractivity (Wildman–Crippen MR) is 74.9 cm³/mol. The maximum atomic E-state index is 12.3. The maximum Gasteiger partial charge on any atom is 0.240 e. The average molecular weight is 284 g/mol. The van der Waals surface area contributed by atoms with Gasteiger partial charge in [-0.05, 0) is 37.5 Å². The average Bonchev–Trinajstić information content (AvgIpc) is 2.43. The monoisotopic (exact) mass is 284 g/mol. The highest BCUT2D eigenvalue weighted by Crippen LogP contribution is 2.28. The lowest BCUT2D eigenvalue weighted by Gasteiger charge is -2.21. The van der Waals surface area contributed by atoms with Crippen LogP contribution in [0.1, 0.15) is 18.9 Å². The summed E-state index contributed by atoms with van der Waals surface area (Å²) in [7, 11) is -3.45. The molecule has 19 heavy (non-hydrogen) atoms. The van der Waals surface area contributed by atoms with Crippen LogP contribution in [0.25, 0.3) is 0 Å². The van der Waals surface area contributed by atoms with Crippen LogP contribution in [0.5, 0.6) is 0 Å². The van der Waals surface area contributed by atoms with E-state index in [1.54, 1.807) is 12.1 Å². The van der Waals surface area contributed by atoms with Crippen molar-refractivity contribution in [1.82, 2.24) is 4.72 Å². The summed E-state index contributed by atoms with van der Waals surface area (Å²) in [5.74, 6) is 0. The molecule has 1 aromatic carbocycles. The summed E-state index contributed by atoms with van der Waals surface area (Å²) in [6.07, 6.45) is 1.75. The minimum atomic E-state index is -3.45. The molecule has 1 aromatic rings. The van der Waals surface area contributed by atoms with E-state index < -0.39 is 10.0 Å². The van der Waals surface area contributed by atoms with Gasteiger partial charge in [-0.3, -0.25) is 0 Å². The fourth-order valence-electron chi connectivity index (χ4n) is 2.20. The number of ether oxygens (including phenoxy) is 1. The fourth-order valence-corrected chi connectivity index (χ4v) is 3.50. The van der Waals surface area contributed by atoms with Crippen LogP contribution in [0.2, 0.25) is 0 Å². The minimum absolute atomic E-state index is 0.299. The molecule has 1 heterocycles. The first kappa shape index (κ1) is 14.3. The Morgan fingerprint density at radius 3 is 3.05 bits per heavy atom. The third-order valence-electron chi connectivity index (χ3n) is 3.08. The lowest BCUT2D eigenvalue weighted by molar-refractivity contribution is 0.153. The van der Waals surface area contributed by atoms with Crippen LogP contribution in [0.3, 0.4) is 0 Å². The number of sulfonamides is 1. The summed E-state index contributed by atoms with van der Waals surface area (Å²) in [6.45, 7) is 4.06. The van der Waals surface area contributed by atoms with E-state index in [-0.39, 0.29) is 0 Å². The summed E-state index contributed by atoms with van der Waals surface area (Å²) >= 11 is 0. The van der Waals surface area contributed by atoms with Crippen molar-refractivity contribution in [2.45, 2.75) is 24.7 Å². The smallest absolute Gasteiger partial charge is 0.240 e. The summed E-state index contributed by atoms with van der Waals surface area (Å²) in [5, 5.41) is 3.23. The second-order valence-electron chi connectivity index (χ2n) is 4.41. The molecule has 0 bridgehead atoms. The van der Waals surface area contributed by atoms with Gasteiger partial charge in [-0.15, -0.1) is 0 Å². The highest BCUT2D eigenvalue weighted by Gasteiger charge is 2.21. The van der Waals surface area contributed by atoms with E-state index in [9.17, 15) is 8.42 Å². The molecule has 6 heteroatoms. The van der Waals surface area contributed by atoms with Crippen molar-refractivity contribution in [2.75, 3.05) is 31.6 Å². The summed E-state index contributed by atoms with van der Waals surface area (Å²) in [5.41, 5.74) is 1.82. The Morgan fingerprint density at radius 1 is 1.42 bits per heavy atom. The van der Waals surface area contributed by atoms with Gasteiger partial charge < -0.3 is 10.1 Å². The first-order valence-electron chi connectivity index (χ1n) is 6.58. The van der Waals surface area contributed by atoms with Crippen molar-refractivity contribution in [1.29, 1.82) is 0 Å². The zero-order valence-electron chi connectivity index (χ0n) is 11.1. The molecular formula is C13H20N2O3S. The van der Waals surface area contributed by atoms with Gasteiger partial charge >= 0.3 is 0 Å². The molecule has 0 fully saturated rings. The number of nitrogens with one attached hydrogen (secondary N) is 2. The van der Waals surface area contributed by atoms with Crippen LogP contribution in [0, 0.1) is 0 Å². The third kappa shape index (κ3) is 3.46. The third-order valence-corrected chi connectivity index (χ3v) is 4.63. The molecule has 0 saturated heterocycles. The molecule has 0 radical (unpaired) electrons. The highest BCUT2D eigenvalue weighted by molar-refractivity contribution is 7.89. The molecule has 1 aliphatic rings. The number of benzene rings is 1. The largest absolute Gasteiger partial charge is 0.385 e. The Bertz CT molecular complexity index is 529. The second kappa shape index (κ2) is 6.36. The SMILES string of the molecule is CCOCCNS(=O)(=O)c1cccc2c1CCCN2. The quantitative estimate of drug-likeness (QED) is 0.774. The zero-order valence-corrected chi connectivity index (χ0v) is 11.9. The molecule has 106 valence electrons. The van der Waals surface area contributed by atoms with Crippen molar-refractivity contribution in [3.63, 3.8) is 0 Å². The van der Waals surface area contributed by atoms with Gasteiger partial charge in [-0.2, -0.15) is 0 Å². The molecule has 2 rings (SSSR count). The summed E-state index contributed by atoms with van der Waals surface area (Å²) in [4.78, 5) is 0.383. The van der Waals surface area contributed by atoms with Gasteiger partial charge in [0.25, 0.3) is 0 Å². The molecule has 0 amide bonds. The Morgan fingerprint density at radius 2 is 2.26 bits per heavy atom. The van der Waals surface area contributed by atoms with Crippen LogP contribution in [-0.2, 0) is 21.2 Å². The number of rotatable bonds is 6. The van der Waals surface area contributed by atoms with Crippen LogP contribution < -0.4 is 10.0 Å². The lowest BCUT2D eigenvalue weighted by atomic mass is 10.0. The topological polar surface area (TPSA) is 67.4 Å². The van der Waals surface area contributed by atoms with Gasteiger partial charge in [-0.1, -0.05) is 6.07 Å². The van der Waals surface area contributed by atoms with Crippen LogP contribution in [0.15, 0.2) is 23.1 Å².